The number of ether oxygens (including phenoxy) is 2. The summed E-state index contributed by atoms with van der Waals surface area (Å²) in [5.41, 5.74) is 7.31. The molecule has 1 aliphatic carbocycles. The minimum atomic E-state index is -0.395. The van der Waals surface area contributed by atoms with Crippen LogP contribution in [-0.4, -0.2) is 120 Å². The number of carbonyl (C=O) groups is 1. The molecule has 0 saturated carbocycles. The molecule has 0 radical (unpaired) electrons. The molecule has 16 heteroatoms. The predicted octanol–water partition coefficient (Wildman–Crippen LogP) is 9.85. The molecule has 6 aromatic carbocycles. The minimum absolute atomic E-state index is 0.102. The van der Waals surface area contributed by atoms with Gasteiger partial charge in [0.15, 0.2) is 0 Å². The molecular weight excluding hydrogens is 937 g/mol. The lowest BCUT2D eigenvalue weighted by molar-refractivity contribution is 0.0745. The third-order valence-corrected chi connectivity index (χ3v) is 13.3. The Morgan fingerprint density at radius 2 is 1.23 bits per heavy atom. The molecule has 1 aromatic heterocycles. The van der Waals surface area contributed by atoms with Crippen molar-refractivity contribution in [3.63, 3.8) is 0 Å². The number of thiocarbonyl (C=S) groups is 1. The van der Waals surface area contributed by atoms with Crippen LogP contribution in [0, 0.1) is 6.92 Å². The number of aryl methyl sites for hydroxylation is 1. The van der Waals surface area contributed by atoms with Crippen LogP contribution in [-0.2, 0) is 0 Å². The van der Waals surface area contributed by atoms with Crippen LogP contribution in [0.25, 0.3) is 10.8 Å². The monoisotopic (exact) mass is 996 g/mol. The predicted molar refractivity (Wildman–Crippen MR) is 295 cm³/mol. The molecule has 3 heterocycles. The number of amides is 1. The molecule has 1 unspecified atom stereocenters. The van der Waals surface area contributed by atoms with E-state index in [0.717, 1.165) is 85.2 Å². The number of hydrogen-bond donors (Lipinski definition) is 3. The highest BCUT2D eigenvalue weighted by Gasteiger charge is 2.38. The Balaban J connectivity index is 0.000000148. The van der Waals surface area contributed by atoms with Gasteiger partial charge in [-0.15, -0.1) is 0 Å². The number of nitrogens with zero attached hydrogens (tertiary/aromatic N) is 9. The summed E-state index contributed by atoms with van der Waals surface area (Å²) in [7, 11) is 7.19. The molecule has 1 amide bonds. The van der Waals surface area contributed by atoms with Crippen molar-refractivity contribution in [3.8, 4) is 11.5 Å². The van der Waals surface area contributed by atoms with E-state index < -0.39 is 5.92 Å². The first kappa shape index (κ1) is 51.0. The second-order valence-corrected chi connectivity index (χ2v) is 18.2. The first-order valence-corrected chi connectivity index (χ1v) is 24.6. The van der Waals surface area contributed by atoms with E-state index >= 15 is 0 Å². The zero-order valence-electron chi connectivity index (χ0n) is 41.7. The van der Waals surface area contributed by atoms with Gasteiger partial charge in [0.05, 0.1) is 20.1 Å². The van der Waals surface area contributed by atoms with Crippen LogP contribution >= 0.6 is 12.2 Å². The van der Waals surface area contributed by atoms with E-state index in [2.05, 4.69) is 35.4 Å². The highest BCUT2D eigenvalue weighted by Crippen LogP contribution is 2.38. The van der Waals surface area contributed by atoms with Crippen LogP contribution in [0.15, 0.2) is 162 Å². The van der Waals surface area contributed by atoms with Crippen LogP contribution < -0.4 is 29.5 Å². The molecule has 7 aromatic rings. The lowest BCUT2D eigenvalue weighted by atomic mass is 9.89. The Labute approximate surface area is 431 Å². The summed E-state index contributed by atoms with van der Waals surface area (Å²) >= 11 is 5.37. The lowest BCUT2D eigenvalue weighted by Gasteiger charge is -2.35. The molecule has 2 saturated heterocycles. The van der Waals surface area contributed by atoms with Crippen molar-refractivity contribution < 1.29 is 24.7 Å². The van der Waals surface area contributed by atoms with Gasteiger partial charge in [0, 0.05) is 86.8 Å². The Hall–Kier alpha value is -8.37. The third kappa shape index (κ3) is 12.0. The number of nitrogens with one attached hydrogen (secondary N) is 1. The summed E-state index contributed by atoms with van der Waals surface area (Å²) in [4.78, 5) is 36.0. The molecule has 2 aliphatic heterocycles. The van der Waals surface area contributed by atoms with Crippen LogP contribution in [0.3, 0.4) is 0 Å². The smallest absolute Gasteiger partial charge is 0.254 e. The third-order valence-electron chi connectivity index (χ3n) is 12.9. The molecule has 3 N–H and O–H groups in total. The van der Waals surface area contributed by atoms with Crippen LogP contribution in [0.4, 0.5) is 23.5 Å². The average molecular weight is 997 g/mol. The van der Waals surface area contributed by atoms with Crippen molar-refractivity contribution in [3.05, 3.63) is 185 Å². The normalized spacial score (nSPS) is 16.1. The van der Waals surface area contributed by atoms with Gasteiger partial charge in [-0.25, -0.2) is 0 Å². The van der Waals surface area contributed by atoms with Crippen molar-refractivity contribution in [2.24, 2.45) is 10.3 Å². The second-order valence-electron chi connectivity index (χ2n) is 17.7. The maximum Gasteiger partial charge on any atom is 0.254 e. The largest absolute Gasteiger partial charge is 0.497 e. The van der Waals surface area contributed by atoms with E-state index in [1.807, 2.05) is 183 Å². The number of fused-ring (bicyclic) bond motifs is 2. The van der Waals surface area contributed by atoms with Gasteiger partial charge >= 0.3 is 0 Å². The summed E-state index contributed by atoms with van der Waals surface area (Å²) in [5, 5.41) is 31.5. The SMILES string of the molecule is COc1ccc(N/C=C\C(=S)c2ccc(OC)cc2)cc1.Cc1ccccc1C(=O)N1CCN(c2nc(N(C)C)nc(N3CCCC3)n2)CC1.O/N=C1\c2ccccc2/C(=N/O)C1c1cccc2ccccc12. The summed E-state index contributed by atoms with van der Waals surface area (Å²) in [5.74, 6) is 3.50. The molecule has 0 spiro atoms. The first-order chi connectivity index (χ1) is 35.6. The number of anilines is 4. The lowest BCUT2D eigenvalue weighted by Crippen LogP contribution is -2.49. The van der Waals surface area contributed by atoms with Crippen molar-refractivity contribution >= 4 is 68.7 Å². The molecule has 374 valence electrons. The number of oxime groups is 2. The maximum atomic E-state index is 12.9. The van der Waals surface area contributed by atoms with Crippen molar-refractivity contribution in [2.45, 2.75) is 25.7 Å². The van der Waals surface area contributed by atoms with Crippen LogP contribution in [0.1, 0.15) is 56.9 Å². The zero-order valence-corrected chi connectivity index (χ0v) is 42.5. The van der Waals surface area contributed by atoms with Gasteiger partial charge in [-0.2, -0.15) is 15.0 Å². The maximum absolute atomic E-state index is 12.9. The van der Waals surface area contributed by atoms with Gasteiger partial charge in [-0.05, 0) is 108 Å². The second kappa shape index (κ2) is 24.2. The molecule has 0 bridgehead atoms. The van der Waals surface area contributed by atoms with Crippen LogP contribution in [0.5, 0.6) is 11.5 Å². The highest BCUT2D eigenvalue weighted by atomic mass is 32.1. The van der Waals surface area contributed by atoms with Gasteiger partial charge < -0.3 is 44.8 Å². The molecule has 2 fully saturated rings. The van der Waals surface area contributed by atoms with E-state index in [1.54, 1.807) is 14.2 Å². The zero-order chi connectivity index (χ0) is 51.3. The number of piperazine rings is 1. The molecule has 10 rings (SSSR count). The quantitative estimate of drug-likeness (QED) is 0.0369. The number of rotatable bonds is 11. The fourth-order valence-electron chi connectivity index (χ4n) is 8.98. The van der Waals surface area contributed by atoms with Gasteiger partial charge in [0.2, 0.25) is 17.8 Å². The highest BCUT2D eigenvalue weighted by molar-refractivity contribution is 7.81. The summed E-state index contributed by atoms with van der Waals surface area (Å²) in [6.45, 7) is 6.73. The van der Waals surface area contributed by atoms with Gasteiger partial charge in [0.1, 0.15) is 22.9 Å². The number of carbonyl (C=O) groups excluding carboxylic acids is 1. The van der Waals surface area contributed by atoms with Crippen molar-refractivity contribution in [1.82, 2.24) is 19.9 Å². The van der Waals surface area contributed by atoms with E-state index in [4.69, 9.17) is 26.7 Å². The van der Waals surface area contributed by atoms with E-state index in [1.165, 1.54) is 12.8 Å². The Kier molecular flexibility index (Phi) is 16.9. The standard InChI is InChI=1S/C21H29N7O.C19H14N2O2.C17H17NO2S/c1-16-8-4-5-9-17(16)18(29)26-12-14-28(15-13-26)21-23-19(25(2)3)22-20(24-21)27-10-6-7-11-27;22-20-18-15-9-3-4-10-16(15)19(21-23)17(18)14-11-5-7-12-6-1-2-8-13(12)14;1-19-15-7-3-13(4-8-15)17(21)11-12-18-14-5-9-16(20-2)10-6-14/h4-5,8-9H,6-7,10-15H2,1-3H3;1-11,17,22-23H;3-12,18H,1-2H3/b;20-18-,21-19+;12-11-. The molecule has 1 atom stereocenters. The number of aromatic nitrogens is 3. The van der Waals surface area contributed by atoms with E-state index in [0.29, 0.717) is 49.5 Å². The topological polar surface area (TPSA) is 164 Å². The summed E-state index contributed by atoms with van der Waals surface area (Å²) in [6.07, 6.45) is 6.05. The summed E-state index contributed by atoms with van der Waals surface area (Å²) < 4.78 is 10.2. The fourth-order valence-corrected chi connectivity index (χ4v) is 9.18. The molecule has 3 aliphatic rings. The van der Waals surface area contributed by atoms with E-state index in [-0.39, 0.29) is 5.91 Å². The number of methoxy groups -OCH3 is 2. The number of allylic oxidation sites excluding steroid dienone is 1. The van der Waals surface area contributed by atoms with Gasteiger partial charge in [0.25, 0.3) is 5.91 Å². The van der Waals surface area contributed by atoms with E-state index in [9.17, 15) is 15.2 Å². The first-order valence-electron chi connectivity index (χ1n) is 24.2. The van der Waals surface area contributed by atoms with Crippen molar-refractivity contribution in [2.75, 3.05) is 87.6 Å². The Bertz CT molecular complexity index is 3070. The Morgan fingerprint density at radius 3 is 1.82 bits per heavy atom. The van der Waals surface area contributed by atoms with Gasteiger partial charge in [-0.1, -0.05) is 107 Å². The molecule has 15 nitrogen and oxygen atoms in total. The fraction of sp³-hybridized carbons (Fsp3) is 0.246. The number of hydrogen-bond acceptors (Lipinski definition) is 15. The number of benzene rings is 6. The van der Waals surface area contributed by atoms with Crippen molar-refractivity contribution in [1.29, 1.82) is 0 Å². The molecule has 73 heavy (non-hydrogen) atoms. The van der Waals surface area contributed by atoms with Crippen LogP contribution in [0.2, 0.25) is 0 Å². The minimum Gasteiger partial charge on any atom is -0.497 e. The average Bonchev–Trinajstić information content (AvgIpc) is 4.10. The molecular formula is C57H60N10O5S. The Morgan fingerprint density at radius 1 is 0.685 bits per heavy atom. The summed E-state index contributed by atoms with van der Waals surface area (Å²) in [6, 6.07) is 44.6. The van der Waals surface area contributed by atoms with Gasteiger partial charge in [-0.3, -0.25) is 4.79 Å².